The van der Waals surface area contributed by atoms with Gasteiger partial charge in [0.1, 0.15) is 12.1 Å². The van der Waals surface area contributed by atoms with Gasteiger partial charge in [0.05, 0.1) is 0 Å². The van der Waals surface area contributed by atoms with Gasteiger partial charge in [-0.15, -0.1) is 0 Å². The molecule has 50 heavy (non-hydrogen) atoms. The number of nitrogens with zero attached hydrogens (tertiary/aromatic N) is 2. The predicted octanol–water partition coefficient (Wildman–Crippen LogP) is 5.82. The Labute approximate surface area is 317 Å². The maximum absolute atomic E-state index is 13.7. The molecule has 4 amide bonds. The number of benzene rings is 4. The summed E-state index contributed by atoms with van der Waals surface area (Å²) in [5.41, 5.74) is 4.02. The first-order valence-electron chi connectivity index (χ1n) is 15.0. The molecule has 4 rings (SSSR count). The molecule has 0 saturated carbocycles. The highest BCUT2D eigenvalue weighted by Crippen LogP contribution is 2.24. The Morgan fingerprint density at radius 3 is 1.48 bits per heavy atom. The summed E-state index contributed by atoms with van der Waals surface area (Å²) < 4.78 is 31.0. The zero-order valence-corrected chi connectivity index (χ0v) is 32.2. The Morgan fingerprint density at radius 1 is 0.660 bits per heavy atom. The van der Waals surface area contributed by atoms with Crippen LogP contribution in [-0.4, -0.2) is 52.4 Å². The lowest BCUT2D eigenvalue weighted by Crippen LogP contribution is -2.57. The number of urea groups is 1. The third-order valence-corrected chi connectivity index (χ3v) is 9.60. The number of rotatable bonds is 12. The van der Waals surface area contributed by atoms with Crippen LogP contribution >= 0.6 is 50.2 Å². The largest absolute Gasteiger partial charge is 0.330 e. The predicted molar refractivity (Wildman–Crippen MR) is 212 cm³/mol. The van der Waals surface area contributed by atoms with Crippen LogP contribution in [-0.2, 0) is 32.6 Å². The van der Waals surface area contributed by atoms with Crippen molar-refractivity contribution >= 4 is 89.6 Å². The molecule has 15 heteroatoms. The molecule has 268 valence electrons. The molecule has 0 aromatic heterocycles. The molecule has 0 fully saturated rings. The van der Waals surface area contributed by atoms with Gasteiger partial charge >= 0.3 is 16.2 Å². The summed E-state index contributed by atoms with van der Waals surface area (Å²) in [5, 5.41) is 3.42. The lowest BCUT2D eigenvalue weighted by molar-refractivity contribution is -0.120. The van der Waals surface area contributed by atoms with Crippen LogP contribution in [0.4, 0.5) is 16.2 Å². The van der Waals surface area contributed by atoms with Crippen LogP contribution in [0.25, 0.3) is 0 Å². The van der Waals surface area contributed by atoms with E-state index >= 15 is 0 Å². The molecule has 10 nitrogen and oxygen atoms in total. The molecular weight excluding hydrogens is 738 g/mol. The number of anilines is 2. The SMILES string of the molecule is Cc1ccc(N(C)C(=O)[C@H](Cc2ccccc2)NC(=O)NS(=O)(=O)N[C@@H](Cc2ccccc2)C(=O)N(C)c2ccc(C)c(Cl)c2)cc1Cl.S.S. The normalized spacial score (nSPS) is 12.0. The summed E-state index contributed by atoms with van der Waals surface area (Å²) in [6, 6.07) is 24.4. The fraction of sp³-hybridized carbons (Fsp3) is 0.229. The summed E-state index contributed by atoms with van der Waals surface area (Å²) in [6.45, 7) is 3.66. The molecule has 0 spiro atoms. The Bertz CT molecular complexity index is 1890. The van der Waals surface area contributed by atoms with Crippen molar-refractivity contribution in [3.8, 4) is 0 Å². The van der Waals surface area contributed by atoms with E-state index in [0.717, 1.165) is 16.7 Å². The molecule has 0 aliphatic heterocycles. The zero-order chi connectivity index (χ0) is 35.0. The van der Waals surface area contributed by atoms with Gasteiger partial charge < -0.3 is 15.1 Å². The van der Waals surface area contributed by atoms with E-state index in [1.54, 1.807) is 91.0 Å². The van der Waals surface area contributed by atoms with Gasteiger partial charge in [0, 0.05) is 41.9 Å². The molecule has 3 N–H and O–H groups in total. The first kappa shape index (κ1) is 42.4. The van der Waals surface area contributed by atoms with Crippen molar-refractivity contribution < 1.29 is 22.8 Å². The van der Waals surface area contributed by atoms with E-state index in [1.165, 1.54) is 23.9 Å². The highest BCUT2D eigenvalue weighted by molar-refractivity contribution is 7.88. The Kier molecular flexibility index (Phi) is 16.2. The molecule has 0 bridgehead atoms. The van der Waals surface area contributed by atoms with Crippen LogP contribution < -0.4 is 24.6 Å². The number of hydrogen-bond acceptors (Lipinski definition) is 5. The highest BCUT2D eigenvalue weighted by Gasteiger charge is 2.31. The minimum Gasteiger partial charge on any atom is -0.325 e. The van der Waals surface area contributed by atoms with E-state index in [2.05, 4.69) is 10.0 Å². The van der Waals surface area contributed by atoms with E-state index in [4.69, 9.17) is 23.2 Å². The molecule has 4 aromatic rings. The third kappa shape index (κ3) is 11.7. The Hall–Kier alpha value is -3.72. The lowest BCUT2D eigenvalue weighted by atomic mass is 10.0. The van der Waals surface area contributed by atoms with E-state index in [9.17, 15) is 22.8 Å². The monoisotopic (exact) mass is 777 g/mol. The number of amides is 4. The van der Waals surface area contributed by atoms with E-state index in [-0.39, 0.29) is 39.8 Å². The number of nitrogens with one attached hydrogen (secondary N) is 3. The smallest absolute Gasteiger partial charge is 0.325 e. The Balaban J connectivity index is 0.00000433. The van der Waals surface area contributed by atoms with Gasteiger partial charge in [-0.05, 0) is 66.8 Å². The molecule has 2 atom stereocenters. The molecule has 0 heterocycles. The van der Waals surface area contributed by atoms with E-state index in [1.807, 2.05) is 24.6 Å². The minimum absolute atomic E-state index is 0. The lowest BCUT2D eigenvalue weighted by Gasteiger charge is -2.26. The number of halogens is 2. The third-order valence-electron chi connectivity index (χ3n) is 7.74. The van der Waals surface area contributed by atoms with Gasteiger partial charge in [0.15, 0.2) is 0 Å². The number of carbonyl (C=O) groups is 3. The summed E-state index contributed by atoms with van der Waals surface area (Å²) >= 11 is 12.6. The van der Waals surface area contributed by atoms with E-state index in [0.29, 0.717) is 27.0 Å². The highest BCUT2D eigenvalue weighted by atomic mass is 35.5. The zero-order valence-electron chi connectivity index (χ0n) is 27.9. The van der Waals surface area contributed by atoms with Crippen LogP contribution in [0.1, 0.15) is 22.3 Å². The van der Waals surface area contributed by atoms with Crippen LogP contribution in [0.5, 0.6) is 0 Å². The number of hydrogen-bond donors (Lipinski definition) is 3. The van der Waals surface area contributed by atoms with Crippen molar-refractivity contribution in [2.24, 2.45) is 0 Å². The van der Waals surface area contributed by atoms with E-state index < -0.39 is 40.1 Å². The van der Waals surface area contributed by atoms with Gasteiger partial charge in [0.25, 0.3) is 0 Å². The van der Waals surface area contributed by atoms with Gasteiger partial charge in [-0.25, -0.2) is 9.52 Å². The van der Waals surface area contributed by atoms with Gasteiger partial charge in [-0.2, -0.15) is 40.1 Å². The standard InChI is InChI=1S/C35H37Cl2N5O5S.2H2S/c1-23-15-17-27(21-29(23)36)41(3)33(43)31(19-25-11-7-5-8-12-25)38-35(45)40-48(46,47)39-32(20-26-13-9-6-10-14-26)34(44)42(4)28-18-16-24(2)30(37)22-28;;/h5-18,21-22,31-32,39H,19-20H2,1-4H3,(H2,38,40,45);2*1H2/t31-,32-;;/m0../s1. The average molecular weight is 779 g/mol. The maximum atomic E-state index is 13.7. The van der Waals surface area contributed by atoms with Crippen LogP contribution in [0.2, 0.25) is 10.0 Å². The number of aryl methyl sites for hydroxylation is 2. The summed E-state index contributed by atoms with van der Waals surface area (Å²) in [5.74, 6) is -1.09. The quantitative estimate of drug-likeness (QED) is 0.167. The molecular formula is C35H41Cl2N5O5S3. The molecule has 4 aromatic carbocycles. The second-order valence-corrected chi connectivity index (χ2v) is 13.6. The minimum atomic E-state index is -4.63. The summed E-state index contributed by atoms with van der Waals surface area (Å²) in [4.78, 5) is 43.2. The maximum Gasteiger partial charge on any atom is 0.330 e. The molecule has 0 radical (unpaired) electrons. The second kappa shape index (κ2) is 19.0. The van der Waals surface area contributed by atoms with Crippen molar-refractivity contribution in [2.45, 2.75) is 38.8 Å². The Morgan fingerprint density at radius 2 is 1.06 bits per heavy atom. The number of likely N-dealkylation sites (N-methyl/N-ethyl adjacent to an activating group) is 2. The van der Waals surface area contributed by atoms with Crippen molar-refractivity contribution in [3.63, 3.8) is 0 Å². The summed E-state index contributed by atoms with van der Waals surface area (Å²) in [7, 11) is -1.59. The van der Waals surface area contributed by atoms with Crippen molar-refractivity contribution in [3.05, 3.63) is 129 Å². The van der Waals surface area contributed by atoms with Crippen LogP contribution in [0.15, 0.2) is 97.1 Å². The van der Waals surface area contributed by atoms with Crippen LogP contribution in [0, 0.1) is 13.8 Å². The van der Waals surface area contributed by atoms with Gasteiger partial charge in [0.2, 0.25) is 11.8 Å². The fourth-order valence-corrected chi connectivity index (χ4v) is 6.18. The molecule has 0 saturated heterocycles. The first-order valence-corrected chi connectivity index (χ1v) is 17.2. The second-order valence-electron chi connectivity index (χ2n) is 11.3. The van der Waals surface area contributed by atoms with Crippen LogP contribution in [0.3, 0.4) is 0 Å². The fourth-order valence-electron chi connectivity index (χ4n) is 4.91. The summed E-state index contributed by atoms with van der Waals surface area (Å²) in [6.07, 6.45) is 0.0642. The topological polar surface area (TPSA) is 128 Å². The first-order chi connectivity index (χ1) is 22.7. The van der Waals surface area contributed by atoms with Crippen molar-refractivity contribution in [2.75, 3.05) is 23.9 Å². The van der Waals surface area contributed by atoms with Gasteiger partial charge in [-0.1, -0.05) is 96.0 Å². The number of carbonyl (C=O) groups excluding carboxylic acids is 3. The van der Waals surface area contributed by atoms with Gasteiger partial charge in [-0.3, -0.25) is 9.59 Å². The molecule has 0 aliphatic rings. The average Bonchev–Trinajstić information content (AvgIpc) is 3.05. The molecule has 0 aliphatic carbocycles. The van der Waals surface area contributed by atoms with Crippen molar-refractivity contribution in [1.82, 2.24) is 14.8 Å². The van der Waals surface area contributed by atoms with Crippen molar-refractivity contribution in [1.29, 1.82) is 0 Å². The molecule has 0 unspecified atom stereocenters.